The number of nitriles is 1. The van der Waals surface area contributed by atoms with E-state index in [0.29, 0.717) is 24.6 Å². The molecule has 0 fully saturated rings. The number of nitrogens with zero attached hydrogens (tertiary/aromatic N) is 3. The fourth-order valence-corrected chi connectivity index (χ4v) is 3.75. The zero-order chi connectivity index (χ0) is 25.8. The van der Waals surface area contributed by atoms with E-state index in [-0.39, 0.29) is 39.7 Å². The van der Waals surface area contributed by atoms with Gasteiger partial charge in [0.05, 0.1) is 13.2 Å². The van der Waals surface area contributed by atoms with Crippen molar-refractivity contribution in [1.29, 1.82) is 5.26 Å². The van der Waals surface area contributed by atoms with Crippen molar-refractivity contribution < 1.29 is 23.9 Å². The molecule has 1 aromatic carbocycles. The number of amidine groups is 1. The fraction of sp³-hybridized carbons (Fsp3) is 0.318. The first-order chi connectivity index (χ1) is 16.8. The van der Waals surface area contributed by atoms with Gasteiger partial charge < -0.3 is 30.7 Å². The molecule has 0 atom stereocenters. The standard InChI is InChI=1S/C22H26N6O6S/c1-4-28-20(30)18(35-21(28)17(11-23)22(31)34-27-14(2)24)12-25-15-6-5-7-16(10-15)26-19(29)13-33-9-8-32-3/h5-7,10,12,25H,4,8-9,13H2,1-3H3,(H2,24,27)(H,26,29). The summed E-state index contributed by atoms with van der Waals surface area (Å²) in [5, 5.41) is 18.5. The number of nitrogens with two attached hydrogens (primary N) is 1. The molecular formula is C22H26N6O6S. The molecule has 0 aliphatic carbocycles. The maximum absolute atomic E-state index is 12.8. The van der Waals surface area contributed by atoms with Crippen LogP contribution in [0.1, 0.15) is 13.8 Å². The molecule has 35 heavy (non-hydrogen) atoms. The first-order valence-electron chi connectivity index (χ1n) is 10.4. The number of aromatic nitrogens is 1. The summed E-state index contributed by atoms with van der Waals surface area (Å²) in [6.07, 6.45) is 1.46. The summed E-state index contributed by atoms with van der Waals surface area (Å²) in [4.78, 5) is 41.7. The van der Waals surface area contributed by atoms with Gasteiger partial charge in [0.15, 0.2) is 5.57 Å². The first kappa shape index (κ1) is 27.3. The van der Waals surface area contributed by atoms with E-state index >= 15 is 0 Å². The number of thiazole rings is 1. The Morgan fingerprint density at radius 3 is 2.71 bits per heavy atom. The lowest BCUT2D eigenvalue weighted by Gasteiger charge is -2.08. The summed E-state index contributed by atoms with van der Waals surface area (Å²) in [5.41, 5.74) is 5.72. The topological polar surface area (TPSA) is 170 Å². The average molecular weight is 503 g/mol. The van der Waals surface area contributed by atoms with Crippen LogP contribution in [-0.2, 0) is 30.4 Å². The number of anilines is 2. The molecule has 0 unspecified atom stereocenters. The largest absolute Gasteiger partial charge is 0.385 e. The van der Waals surface area contributed by atoms with Crippen molar-refractivity contribution in [3.63, 3.8) is 0 Å². The highest BCUT2D eigenvalue weighted by molar-refractivity contribution is 7.07. The molecule has 0 bridgehead atoms. The van der Waals surface area contributed by atoms with Crippen molar-refractivity contribution in [1.82, 2.24) is 4.57 Å². The molecule has 2 aromatic rings. The number of benzene rings is 1. The van der Waals surface area contributed by atoms with E-state index < -0.39 is 11.5 Å². The molecule has 0 radical (unpaired) electrons. The number of ether oxygens (including phenoxy) is 2. The Morgan fingerprint density at radius 1 is 1.31 bits per heavy atom. The smallest absolute Gasteiger partial charge is 0.379 e. The number of carbonyl (C=O) groups is 2. The summed E-state index contributed by atoms with van der Waals surface area (Å²) in [6, 6.07) is 8.61. The van der Waals surface area contributed by atoms with Crippen LogP contribution in [0, 0.1) is 11.3 Å². The molecule has 1 heterocycles. The van der Waals surface area contributed by atoms with Gasteiger partial charge in [0.1, 0.15) is 27.7 Å². The predicted octanol–water partition coefficient (Wildman–Crippen LogP) is -0.109. The van der Waals surface area contributed by atoms with E-state index in [9.17, 15) is 19.6 Å². The SMILES string of the molecule is CCn1c(=C(C#N)C(=O)ON=C(C)N)sc(=CNc2cccc(NC(=O)COCCOC)c2)c1=O. The number of hydrogen-bond donors (Lipinski definition) is 3. The Bertz CT molecular complexity index is 1300. The van der Waals surface area contributed by atoms with Gasteiger partial charge in [0.2, 0.25) is 5.91 Å². The normalized spacial score (nSPS) is 12.6. The van der Waals surface area contributed by atoms with E-state index in [2.05, 4.69) is 20.6 Å². The molecule has 0 saturated carbocycles. The first-order valence-corrected chi connectivity index (χ1v) is 11.2. The number of methoxy groups -OCH3 is 1. The van der Waals surface area contributed by atoms with Crippen LogP contribution < -0.4 is 31.1 Å². The van der Waals surface area contributed by atoms with Gasteiger partial charge in [-0.25, -0.2) is 4.79 Å². The zero-order valence-corrected chi connectivity index (χ0v) is 20.3. The van der Waals surface area contributed by atoms with Crippen LogP contribution in [0.3, 0.4) is 0 Å². The lowest BCUT2D eigenvalue weighted by atomic mass is 10.2. The van der Waals surface area contributed by atoms with Crippen LogP contribution in [0.25, 0.3) is 11.8 Å². The third-order valence-electron chi connectivity index (χ3n) is 4.21. The van der Waals surface area contributed by atoms with Crippen LogP contribution in [0.4, 0.5) is 11.4 Å². The molecule has 0 spiro atoms. The Hall–Kier alpha value is -3.99. The maximum Gasteiger partial charge on any atom is 0.379 e. The van der Waals surface area contributed by atoms with Gasteiger partial charge in [-0.1, -0.05) is 11.2 Å². The second kappa shape index (κ2) is 13.7. The molecule has 12 nitrogen and oxygen atoms in total. The molecule has 4 N–H and O–H groups in total. The maximum atomic E-state index is 12.8. The third-order valence-corrected chi connectivity index (χ3v) is 5.34. The average Bonchev–Trinajstić information content (AvgIpc) is 3.14. The van der Waals surface area contributed by atoms with Crippen LogP contribution >= 0.6 is 11.3 Å². The Morgan fingerprint density at radius 2 is 2.06 bits per heavy atom. The Balaban J connectivity index is 2.28. The van der Waals surface area contributed by atoms with Crippen molar-refractivity contribution >= 4 is 52.2 Å². The molecule has 0 aliphatic rings. The van der Waals surface area contributed by atoms with Crippen LogP contribution in [-0.4, -0.2) is 49.2 Å². The summed E-state index contributed by atoms with van der Waals surface area (Å²) in [7, 11) is 1.54. The number of amides is 1. The van der Waals surface area contributed by atoms with Crippen LogP contribution in [0.5, 0.6) is 0 Å². The summed E-state index contributed by atoms with van der Waals surface area (Å²) in [5.74, 6) is -1.34. The number of carbonyl (C=O) groups excluding carboxylic acids is 2. The number of nitrogens with one attached hydrogen (secondary N) is 2. The molecule has 0 aliphatic heterocycles. The van der Waals surface area contributed by atoms with Crippen molar-refractivity contribution in [3.05, 3.63) is 43.8 Å². The predicted molar refractivity (Wildman–Crippen MR) is 132 cm³/mol. The molecular weight excluding hydrogens is 476 g/mol. The van der Waals surface area contributed by atoms with Gasteiger partial charge in [-0.3, -0.25) is 14.2 Å². The summed E-state index contributed by atoms with van der Waals surface area (Å²) in [6.45, 7) is 3.94. The number of hydrogen-bond acceptors (Lipinski definition) is 10. The van der Waals surface area contributed by atoms with E-state index in [0.717, 1.165) is 11.3 Å². The van der Waals surface area contributed by atoms with E-state index in [4.69, 9.17) is 15.2 Å². The van der Waals surface area contributed by atoms with Crippen molar-refractivity contribution in [2.45, 2.75) is 20.4 Å². The highest BCUT2D eigenvalue weighted by Crippen LogP contribution is 2.15. The second-order valence-corrected chi connectivity index (χ2v) is 7.91. The lowest BCUT2D eigenvalue weighted by Crippen LogP contribution is -2.32. The molecule has 1 amide bonds. The number of rotatable bonds is 11. The lowest BCUT2D eigenvalue weighted by molar-refractivity contribution is -0.136. The molecule has 0 saturated heterocycles. The van der Waals surface area contributed by atoms with Crippen LogP contribution in [0.2, 0.25) is 0 Å². The van der Waals surface area contributed by atoms with E-state index in [1.807, 2.05) is 0 Å². The number of oxime groups is 1. The summed E-state index contributed by atoms with van der Waals surface area (Å²) < 4.78 is 11.7. The molecule has 13 heteroatoms. The van der Waals surface area contributed by atoms with Crippen molar-refractivity contribution in [3.8, 4) is 6.07 Å². The van der Waals surface area contributed by atoms with E-state index in [1.165, 1.54) is 17.7 Å². The highest BCUT2D eigenvalue weighted by atomic mass is 32.1. The monoisotopic (exact) mass is 502 g/mol. The molecule has 2 rings (SSSR count). The molecule has 1 aromatic heterocycles. The Labute approximate surface area is 204 Å². The molecule has 186 valence electrons. The third kappa shape index (κ3) is 8.07. The van der Waals surface area contributed by atoms with Gasteiger partial charge in [-0.2, -0.15) is 5.26 Å². The Kier molecular flexibility index (Phi) is 10.6. The van der Waals surface area contributed by atoms with Gasteiger partial charge in [-0.05, 0) is 32.0 Å². The van der Waals surface area contributed by atoms with Crippen molar-refractivity contribution in [2.75, 3.05) is 37.6 Å². The minimum absolute atomic E-state index is 0.00460. The van der Waals surface area contributed by atoms with Gasteiger partial charge in [-0.15, -0.1) is 11.3 Å². The van der Waals surface area contributed by atoms with Gasteiger partial charge >= 0.3 is 5.97 Å². The zero-order valence-electron chi connectivity index (χ0n) is 19.5. The fourth-order valence-electron chi connectivity index (χ4n) is 2.67. The quantitative estimate of drug-likeness (QED) is 0.125. The van der Waals surface area contributed by atoms with Crippen LogP contribution in [0.15, 0.2) is 34.2 Å². The van der Waals surface area contributed by atoms with Gasteiger partial charge in [0, 0.05) is 31.2 Å². The summed E-state index contributed by atoms with van der Waals surface area (Å²) >= 11 is 0.949. The van der Waals surface area contributed by atoms with E-state index in [1.54, 1.807) is 44.4 Å². The van der Waals surface area contributed by atoms with Crippen molar-refractivity contribution in [2.24, 2.45) is 10.9 Å². The van der Waals surface area contributed by atoms with Gasteiger partial charge in [0.25, 0.3) is 5.56 Å². The minimum atomic E-state index is -1.02. The second-order valence-electron chi connectivity index (χ2n) is 6.88. The minimum Gasteiger partial charge on any atom is -0.385 e. The highest BCUT2D eigenvalue weighted by Gasteiger charge is 2.17.